The summed E-state index contributed by atoms with van der Waals surface area (Å²) >= 11 is 0. The maximum atomic E-state index is 13.4. The Morgan fingerprint density at radius 1 is 1.35 bits per heavy atom. The van der Waals surface area contributed by atoms with Gasteiger partial charge in [0.2, 0.25) is 0 Å². The van der Waals surface area contributed by atoms with Crippen molar-refractivity contribution in [3.05, 3.63) is 48.0 Å². The topological polar surface area (TPSA) is 71.4 Å². The molecule has 1 heterocycles. The molecule has 0 fully saturated rings. The van der Waals surface area contributed by atoms with Gasteiger partial charge in [-0.3, -0.25) is 9.10 Å². The Kier molecular flexibility index (Phi) is 4.74. The molecule has 1 aromatic carbocycles. The van der Waals surface area contributed by atoms with E-state index in [1.54, 1.807) is 14.0 Å². The number of aromatic nitrogens is 1. The first-order valence-electron chi connectivity index (χ1n) is 6.98. The molecule has 0 spiro atoms. The number of nitrogens with zero attached hydrogens (tertiary/aromatic N) is 2. The van der Waals surface area contributed by atoms with Crippen LogP contribution >= 0.6 is 0 Å². The lowest BCUT2D eigenvalue weighted by atomic mass is 10.3. The summed E-state index contributed by atoms with van der Waals surface area (Å²) in [5, 5.41) is 2.45. The fraction of sp³-hybridized carbons (Fsp3) is 0.267. The van der Waals surface area contributed by atoms with E-state index < -0.39 is 15.8 Å². The summed E-state index contributed by atoms with van der Waals surface area (Å²) in [6.07, 6.45) is 1.36. The number of anilines is 1. The molecular weight excluding hydrogens is 321 g/mol. The second kappa shape index (κ2) is 6.41. The van der Waals surface area contributed by atoms with Crippen molar-refractivity contribution >= 4 is 21.6 Å². The van der Waals surface area contributed by atoms with Crippen molar-refractivity contribution in [2.75, 3.05) is 17.9 Å². The van der Waals surface area contributed by atoms with E-state index in [1.165, 1.54) is 42.1 Å². The van der Waals surface area contributed by atoms with Gasteiger partial charge in [-0.15, -0.1) is 0 Å². The molecule has 1 N–H and O–H groups in total. The molecule has 6 nitrogen and oxygen atoms in total. The second-order valence-electron chi connectivity index (χ2n) is 4.90. The lowest BCUT2D eigenvalue weighted by molar-refractivity contribution is 0.0955. The van der Waals surface area contributed by atoms with Crippen molar-refractivity contribution in [2.45, 2.75) is 11.8 Å². The number of sulfonamides is 1. The van der Waals surface area contributed by atoms with Crippen LogP contribution in [0.2, 0.25) is 0 Å². The summed E-state index contributed by atoms with van der Waals surface area (Å²) in [5.41, 5.74) is 0.458. The molecule has 0 saturated heterocycles. The average Bonchev–Trinajstić information content (AvgIpc) is 2.90. The smallest absolute Gasteiger partial charge is 0.267 e. The summed E-state index contributed by atoms with van der Waals surface area (Å²) in [7, 11) is -0.846. The molecule has 2 aromatic rings. The first-order chi connectivity index (χ1) is 10.8. The first-order valence-corrected chi connectivity index (χ1v) is 8.42. The second-order valence-corrected chi connectivity index (χ2v) is 6.76. The maximum Gasteiger partial charge on any atom is 0.267 e. The number of hydrogen-bond donors (Lipinski definition) is 1. The number of amides is 1. The van der Waals surface area contributed by atoms with Gasteiger partial charge in [-0.1, -0.05) is 6.07 Å². The SMILES string of the molecule is CCN(c1cccc(F)c1)S(=O)(=O)c1cc(C(=O)NC)n(C)c1. The molecule has 0 unspecified atom stereocenters. The van der Waals surface area contributed by atoms with Crippen molar-refractivity contribution in [1.82, 2.24) is 9.88 Å². The third-order valence-electron chi connectivity index (χ3n) is 3.41. The molecule has 124 valence electrons. The van der Waals surface area contributed by atoms with Crippen LogP contribution in [0.4, 0.5) is 10.1 Å². The molecule has 0 aliphatic rings. The van der Waals surface area contributed by atoms with Crippen molar-refractivity contribution < 1.29 is 17.6 Å². The predicted octanol–water partition coefficient (Wildman–Crippen LogP) is 1.74. The molecule has 2 rings (SSSR count). The van der Waals surface area contributed by atoms with Gasteiger partial charge in [-0.25, -0.2) is 12.8 Å². The van der Waals surface area contributed by atoms with Crippen LogP contribution in [0.15, 0.2) is 41.4 Å². The van der Waals surface area contributed by atoms with Crippen molar-refractivity contribution in [2.24, 2.45) is 7.05 Å². The lowest BCUT2D eigenvalue weighted by Gasteiger charge is -2.22. The van der Waals surface area contributed by atoms with E-state index in [-0.39, 0.29) is 28.7 Å². The lowest BCUT2D eigenvalue weighted by Crippen LogP contribution is -2.30. The van der Waals surface area contributed by atoms with E-state index in [0.717, 1.165) is 10.4 Å². The Labute approximate surface area is 134 Å². The van der Waals surface area contributed by atoms with E-state index in [1.807, 2.05) is 0 Å². The molecule has 8 heteroatoms. The fourth-order valence-corrected chi connectivity index (χ4v) is 3.82. The minimum atomic E-state index is -3.90. The number of aryl methyl sites for hydroxylation is 1. The summed E-state index contributed by atoms with van der Waals surface area (Å²) in [6, 6.07) is 6.67. The molecule has 0 aliphatic heterocycles. The standard InChI is InChI=1S/C15H18FN3O3S/c1-4-19(12-7-5-6-11(16)8-12)23(21,22)13-9-14(15(20)17-2)18(3)10-13/h5-10H,4H2,1-3H3,(H,17,20). The zero-order valence-electron chi connectivity index (χ0n) is 13.1. The van der Waals surface area contributed by atoms with Crippen LogP contribution in [0.1, 0.15) is 17.4 Å². The average molecular weight is 339 g/mol. The van der Waals surface area contributed by atoms with Gasteiger partial charge in [-0.05, 0) is 31.2 Å². The monoisotopic (exact) mass is 339 g/mol. The number of hydrogen-bond acceptors (Lipinski definition) is 3. The van der Waals surface area contributed by atoms with Gasteiger partial charge in [0.1, 0.15) is 16.4 Å². The molecule has 0 saturated carbocycles. The predicted molar refractivity (Wildman–Crippen MR) is 85.4 cm³/mol. The number of nitrogens with one attached hydrogen (secondary N) is 1. The van der Waals surface area contributed by atoms with E-state index in [2.05, 4.69) is 5.32 Å². The zero-order chi connectivity index (χ0) is 17.2. The number of rotatable bonds is 5. The van der Waals surface area contributed by atoms with E-state index in [0.29, 0.717) is 0 Å². The van der Waals surface area contributed by atoms with E-state index >= 15 is 0 Å². The Morgan fingerprint density at radius 3 is 2.61 bits per heavy atom. The van der Waals surface area contributed by atoms with Gasteiger partial charge < -0.3 is 9.88 Å². The highest BCUT2D eigenvalue weighted by Crippen LogP contribution is 2.25. The van der Waals surface area contributed by atoms with Crippen LogP contribution in [0, 0.1) is 5.82 Å². The number of halogens is 1. The Hall–Kier alpha value is -2.35. The van der Waals surface area contributed by atoms with Crippen LogP contribution in [-0.2, 0) is 17.1 Å². The normalized spacial score (nSPS) is 11.3. The molecule has 0 radical (unpaired) electrons. The van der Waals surface area contributed by atoms with Gasteiger partial charge in [0.05, 0.1) is 5.69 Å². The van der Waals surface area contributed by atoms with Gasteiger partial charge in [0, 0.05) is 26.8 Å². The number of benzene rings is 1. The Balaban J connectivity index is 2.50. The summed E-state index contributed by atoms with van der Waals surface area (Å²) in [5.74, 6) is -0.905. The van der Waals surface area contributed by atoms with Gasteiger partial charge >= 0.3 is 0 Å². The van der Waals surface area contributed by atoms with Gasteiger partial charge in [-0.2, -0.15) is 0 Å². The van der Waals surface area contributed by atoms with Crippen molar-refractivity contribution in [3.63, 3.8) is 0 Å². The Bertz CT molecular complexity index is 830. The molecule has 0 atom stereocenters. The van der Waals surface area contributed by atoms with Crippen molar-refractivity contribution in [1.29, 1.82) is 0 Å². The maximum absolute atomic E-state index is 13.4. The molecule has 1 aromatic heterocycles. The van der Waals surface area contributed by atoms with Crippen LogP contribution < -0.4 is 9.62 Å². The highest BCUT2D eigenvalue weighted by atomic mass is 32.2. The zero-order valence-corrected chi connectivity index (χ0v) is 13.9. The molecule has 0 aliphatic carbocycles. The van der Waals surface area contributed by atoms with E-state index in [4.69, 9.17) is 0 Å². The molecule has 23 heavy (non-hydrogen) atoms. The molecule has 1 amide bonds. The van der Waals surface area contributed by atoms with Crippen molar-refractivity contribution in [3.8, 4) is 0 Å². The number of carbonyl (C=O) groups is 1. The molecule has 0 bridgehead atoms. The quantitative estimate of drug-likeness (QED) is 0.902. The third kappa shape index (κ3) is 3.21. The molecular formula is C15H18FN3O3S. The Morgan fingerprint density at radius 2 is 2.04 bits per heavy atom. The minimum absolute atomic E-state index is 0.0234. The summed E-state index contributed by atoms with van der Waals surface area (Å²) in [6.45, 7) is 1.79. The third-order valence-corrected chi connectivity index (χ3v) is 5.28. The van der Waals surface area contributed by atoms with Gasteiger partial charge in [0.25, 0.3) is 15.9 Å². The minimum Gasteiger partial charge on any atom is -0.354 e. The summed E-state index contributed by atoms with van der Waals surface area (Å²) < 4.78 is 41.5. The highest BCUT2D eigenvalue weighted by Gasteiger charge is 2.27. The van der Waals surface area contributed by atoms with E-state index in [9.17, 15) is 17.6 Å². The van der Waals surface area contributed by atoms with Crippen LogP contribution in [0.3, 0.4) is 0 Å². The van der Waals surface area contributed by atoms with Crippen LogP contribution in [-0.4, -0.2) is 32.5 Å². The van der Waals surface area contributed by atoms with Crippen LogP contribution in [0.25, 0.3) is 0 Å². The number of carbonyl (C=O) groups excluding carboxylic acids is 1. The van der Waals surface area contributed by atoms with Crippen LogP contribution in [0.5, 0.6) is 0 Å². The largest absolute Gasteiger partial charge is 0.354 e. The van der Waals surface area contributed by atoms with Gasteiger partial charge in [0.15, 0.2) is 0 Å². The highest BCUT2D eigenvalue weighted by molar-refractivity contribution is 7.92. The fourth-order valence-electron chi connectivity index (χ4n) is 2.28. The summed E-state index contributed by atoms with van der Waals surface area (Å²) in [4.78, 5) is 11.7. The first kappa shape index (κ1) is 17.0.